The van der Waals surface area contributed by atoms with E-state index in [0.29, 0.717) is 16.9 Å². The summed E-state index contributed by atoms with van der Waals surface area (Å²) in [5, 5.41) is 0. The van der Waals surface area contributed by atoms with E-state index in [1.54, 1.807) is 12.1 Å². The van der Waals surface area contributed by atoms with E-state index in [4.69, 9.17) is 4.42 Å². The van der Waals surface area contributed by atoms with Crippen molar-refractivity contribution in [3.63, 3.8) is 0 Å². The smallest absolute Gasteiger partial charge is 0.748 e. The molecule has 6 nitrogen and oxygen atoms in total. The van der Waals surface area contributed by atoms with Crippen LogP contribution in [0.1, 0.15) is 23.3 Å². The molecule has 1 aromatic rings. The summed E-state index contributed by atoms with van der Waals surface area (Å²) in [7, 11) is -4.27. The van der Waals surface area contributed by atoms with Crippen LogP contribution in [0.15, 0.2) is 21.4 Å². The molecule has 0 saturated carbocycles. The molecule has 102 valence electrons. The first-order valence-corrected chi connectivity index (χ1v) is 7.23. The topological polar surface area (TPSA) is 104 Å². The molecule has 0 saturated heterocycles. The zero-order valence-electron chi connectivity index (χ0n) is 10.9. The van der Waals surface area contributed by atoms with Crippen molar-refractivity contribution in [1.82, 2.24) is 0 Å². The van der Waals surface area contributed by atoms with Crippen molar-refractivity contribution < 1.29 is 51.7 Å². The monoisotopic (exact) mass is 306 g/mol. The number of aryl methyl sites for hydroxylation is 1. The van der Waals surface area contributed by atoms with Gasteiger partial charge in [0.1, 0.15) is 5.76 Å². The van der Waals surface area contributed by atoms with E-state index in [-0.39, 0.29) is 54.6 Å². The zero-order chi connectivity index (χ0) is 14.0. The van der Waals surface area contributed by atoms with Gasteiger partial charge < -0.3 is 8.97 Å². The molecule has 0 aromatic carbocycles. The molecule has 0 radical (unpaired) electrons. The Morgan fingerprint density at radius 2 is 1.95 bits per heavy atom. The van der Waals surface area contributed by atoms with Crippen LogP contribution in [0, 0.1) is 0 Å². The van der Waals surface area contributed by atoms with E-state index in [9.17, 15) is 22.6 Å². The van der Waals surface area contributed by atoms with E-state index >= 15 is 0 Å². The molecule has 1 aliphatic carbocycles. The quantitative estimate of drug-likeness (QED) is 0.441. The van der Waals surface area contributed by atoms with Crippen LogP contribution in [0.4, 0.5) is 0 Å². The average molecular weight is 306 g/mol. The van der Waals surface area contributed by atoms with Gasteiger partial charge in [-0.2, -0.15) is 0 Å². The maximum atomic E-state index is 11.6. The van der Waals surface area contributed by atoms with Gasteiger partial charge in [0.15, 0.2) is 5.78 Å². The van der Waals surface area contributed by atoms with E-state index in [1.807, 2.05) is 0 Å². The van der Waals surface area contributed by atoms with E-state index in [1.165, 1.54) is 6.08 Å². The number of hydrogen-bond donors (Lipinski definition) is 0. The number of hydrogen-bond acceptors (Lipinski definition) is 6. The Labute approximate surface area is 137 Å². The number of fused-ring (bicyclic) bond motifs is 1. The van der Waals surface area contributed by atoms with Crippen molar-refractivity contribution in [1.29, 1.82) is 0 Å². The van der Waals surface area contributed by atoms with Crippen molar-refractivity contribution in [3.8, 4) is 0 Å². The largest absolute Gasteiger partial charge is 1.00 e. The van der Waals surface area contributed by atoms with Gasteiger partial charge in [0.05, 0.1) is 16.5 Å². The second-order valence-electron chi connectivity index (χ2n) is 4.28. The molecule has 0 unspecified atom stereocenters. The standard InChI is InChI=1S/C12H12O6S.Na/c13-10-4-3-8-6-9(2-1-5-19(15,16)17)12(14)18-11(8)7-10;/h3-4,6H,1-2,5,7H2,(H,15,16,17);/q;+1/p-1. The first kappa shape index (κ1) is 17.3. The van der Waals surface area contributed by atoms with Crippen LogP contribution in [0.5, 0.6) is 0 Å². The summed E-state index contributed by atoms with van der Waals surface area (Å²) in [6.45, 7) is 0. The molecule has 1 heterocycles. The molecule has 1 aliphatic rings. The summed E-state index contributed by atoms with van der Waals surface area (Å²) < 4.78 is 36.4. The molecule has 2 rings (SSSR count). The minimum Gasteiger partial charge on any atom is -0.748 e. The summed E-state index contributed by atoms with van der Waals surface area (Å²) in [4.78, 5) is 22.8. The number of carbonyl (C=O) groups is 1. The minimum atomic E-state index is -4.27. The number of carbonyl (C=O) groups excluding carboxylic acids is 1. The van der Waals surface area contributed by atoms with Crippen LogP contribution < -0.4 is 35.2 Å². The van der Waals surface area contributed by atoms with E-state index in [2.05, 4.69) is 0 Å². The Bertz CT molecular complexity index is 701. The first-order valence-electron chi connectivity index (χ1n) is 5.65. The minimum absolute atomic E-state index is 0. The van der Waals surface area contributed by atoms with Gasteiger partial charge in [-0.05, 0) is 31.1 Å². The van der Waals surface area contributed by atoms with Crippen molar-refractivity contribution in [2.75, 3.05) is 5.75 Å². The summed E-state index contributed by atoms with van der Waals surface area (Å²) in [5.41, 5.74) is 0.353. The summed E-state index contributed by atoms with van der Waals surface area (Å²) in [5.74, 6) is -0.337. The fourth-order valence-corrected chi connectivity index (χ4v) is 2.35. The van der Waals surface area contributed by atoms with Gasteiger partial charge in [-0.25, -0.2) is 13.2 Å². The van der Waals surface area contributed by atoms with Gasteiger partial charge in [0.25, 0.3) is 0 Å². The van der Waals surface area contributed by atoms with Gasteiger partial charge >= 0.3 is 35.2 Å². The Morgan fingerprint density at radius 1 is 1.25 bits per heavy atom. The molecule has 1 aromatic heterocycles. The van der Waals surface area contributed by atoms with Gasteiger partial charge in [0, 0.05) is 16.9 Å². The summed E-state index contributed by atoms with van der Waals surface area (Å²) >= 11 is 0. The maximum Gasteiger partial charge on any atom is 1.00 e. The van der Waals surface area contributed by atoms with Crippen molar-refractivity contribution in [2.24, 2.45) is 0 Å². The summed E-state index contributed by atoms with van der Waals surface area (Å²) in [6, 6.07) is 1.57. The Hall–Kier alpha value is -0.730. The van der Waals surface area contributed by atoms with Gasteiger partial charge in [-0.1, -0.05) is 0 Å². The van der Waals surface area contributed by atoms with Gasteiger partial charge in [0.2, 0.25) is 0 Å². The Balaban J connectivity index is 0.00000200. The molecule has 0 spiro atoms. The Kier molecular flexibility index (Phi) is 5.91. The molecular weight excluding hydrogens is 295 g/mol. The van der Waals surface area contributed by atoms with Crippen molar-refractivity contribution in [2.45, 2.75) is 19.3 Å². The third-order valence-corrected chi connectivity index (χ3v) is 3.54. The number of allylic oxidation sites excluding steroid dienone is 1. The normalized spacial score (nSPS) is 13.8. The molecule has 0 N–H and O–H groups in total. The summed E-state index contributed by atoms with van der Waals surface area (Å²) in [6.07, 6.45) is 3.22. The van der Waals surface area contributed by atoms with Crippen molar-refractivity contribution in [3.05, 3.63) is 39.4 Å². The number of rotatable bonds is 4. The van der Waals surface area contributed by atoms with E-state index < -0.39 is 21.5 Å². The maximum absolute atomic E-state index is 11.6. The second kappa shape index (κ2) is 6.82. The molecular formula is C12H11NaO6S. The van der Waals surface area contributed by atoms with Gasteiger partial charge in [-0.15, -0.1) is 0 Å². The zero-order valence-corrected chi connectivity index (χ0v) is 13.7. The second-order valence-corrected chi connectivity index (χ2v) is 5.80. The molecule has 0 atom stereocenters. The Morgan fingerprint density at radius 3 is 2.60 bits per heavy atom. The molecule has 0 aliphatic heterocycles. The fraction of sp³-hybridized carbons (Fsp3) is 0.333. The third kappa shape index (κ3) is 4.68. The van der Waals surface area contributed by atoms with Crippen LogP contribution in [0.25, 0.3) is 6.08 Å². The predicted molar refractivity (Wildman–Crippen MR) is 65.6 cm³/mol. The SMILES string of the molecule is O=C1C=Cc2cc(CCCS(=O)(=O)[O-])c(=O)oc2C1.[Na+]. The predicted octanol–water partition coefficient (Wildman–Crippen LogP) is -2.74. The molecule has 20 heavy (non-hydrogen) atoms. The van der Waals surface area contributed by atoms with Crippen LogP contribution >= 0.6 is 0 Å². The van der Waals surface area contributed by atoms with Crippen molar-refractivity contribution >= 4 is 22.0 Å². The van der Waals surface area contributed by atoms with Crippen LogP contribution in [0.3, 0.4) is 0 Å². The first-order chi connectivity index (χ1) is 8.85. The van der Waals surface area contributed by atoms with Crippen LogP contribution in [-0.2, 0) is 27.8 Å². The van der Waals surface area contributed by atoms with E-state index in [0.717, 1.165) is 0 Å². The van der Waals surface area contributed by atoms with Gasteiger partial charge in [-0.3, -0.25) is 4.79 Å². The molecule has 0 amide bonds. The average Bonchev–Trinajstić information content (AvgIpc) is 2.28. The van der Waals surface area contributed by atoms with Crippen LogP contribution in [0.2, 0.25) is 0 Å². The van der Waals surface area contributed by atoms with Crippen LogP contribution in [-0.4, -0.2) is 24.5 Å². The molecule has 8 heteroatoms. The molecule has 0 bridgehead atoms. The number of ketones is 1. The fourth-order valence-electron chi connectivity index (χ4n) is 1.86. The third-order valence-electron chi connectivity index (χ3n) is 2.75. The molecule has 0 fully saturated rings.